The lowest BCUT2D eigenvalue weighted by Crippen LogP contribution is -2.14. The second-order valence-corrected chi connectivity index (χ2v) is 8.58. The van der Waals surface area contributed by atoms with Crippen LogP contribution in [-0.2, 0) is 18.4 Å². The molecule has 0 aliphatic rings. The van der Waals surface area contributed by atoms with E-state index in [1.807, 2.05) is 80.2 Å². The van der Waals surface area contributed by atoms with Crippen LogP contribution in [0.3, 0.4) is 0 Å². The van der Waals surface area contributed by atoms with Gasteiger partial charge in [0.05, 0.1) is 25.0 Å². The van der Waals surface area contributed by atoms with Gasteiger partial charge in [-0.25, -0.2) is 0 Å². The molecule has 35 heavy (non-hydrogen) atoms. The van der Waals surface area contributed by atoms with Crippen LogP contribution in [0.15, 0.2) is 59.9 Å². The summed E-state index contributed by atoms with van der Waals surface area (Å²) in [5.74, 6) is 2.32. The molecule has 0 radical (unpaired) electrons. The van der Waals surface area contributed by atoms with Gasteiger partial charge in [-0.3, -0.25) is 9.48 Å². The van der Waals surface area contributed by atoms with Crippen LogP contribution in [0, 0.1) is 0 Å². The minimum absolute atomic E-state index is 0.121. The highest BCUT2D eigenvalue weighted by Gasteiger charge is 2.21. The molecule has 0 spiro atoms. The van der Waals surface area contributed by atoms with Gasteiger partial charge >= 0.3 is 0 Å². The van der Waals surface area contributed by atoms with Crippen LogP contribution < -0.4 is 14.8 Å². The molecule has 182 valence electrons. The van der Waals surface area contributed by atoms with Gasteiger partial charge in [0.25, 0.3) is 0 Å². The molecule has 2 heterocycles. The standard InChI is InChI=1S/C25H28N6O3S/c1-5-31-24(21-15-30(3)29-23(21)17-8-7-9-20(14-17)33-4)27-28-25(31)35-16-22(32)26-18-10-12-19(13-11-18)34-6-2/h7-15H,5-6,16H2,1-4H3,(H,26,32). The molecule has 0 aliphatic heterocycles. The van der Waals surface area contributed by atoms with Crippen LogP contribution in [0.2, 0.25) is 0 Å². The highest BCUT2D eigenvalue weighted by Crippen LogP contribution is 2.33. The summed E-state index contributed by atoms with van der Waals surface area (Å²) in [6.07, 6.45) is 1.93. The third-order valence-corrected chi connectivity index (χ3v) is 6.19. The zero-order chi connectivity index (χ0) is 24.8. The largest absolute Gasteiger partial charge is 0.497 e. The molecule has 9 nitrogen and oxygen atoms in total. The van der Waals surface area contributed by atoms with E-state index in [2.05, 4.69) is 20.6 Å². The molecule has 1 amide bonds. The molecule has 2 aromatic heterocycles. The maximum absolute atomic E-state index is 12.5. The maximum atomic E-state index is 12.5. The number of anilines is 1. The number of carbonyl (C=O) groups excluding carboxylic acids is 1. The third-order valence-electron chi connectivity index (χ3n) is 5.23. The Bertz CT molecular complexity index is 1300. The minimum atomic E-state index is -0.121. The summed E-state index contributed by atoms with van der Waals surface area (Å²) in [5, 5.41) is 17.1. The smallest absolute Gasteiger partial charge is 0.234 e. The highest BCUT2D eigenvalue weighted by atomic mass is 32.2. The van der Waals surface area contributed by atoms with Crippen LogP contribution in [0.5, 0.6) is 11.5 Å². The molecule has 0 saturated heterocycles. The van der Waals surface area contributed by atoms with Gasteiger partial charge in [-0.1, -0.05) is 23.9 Å². The summed E-state index contributed by atoms with van der Waals surface area (Å²) in [7, 11) is 3.52. The Hall–Kier alpha value is -3.79. The van der Waals surface area contributed by atoms with Crippen molar-refractivity contribution in [3.63, 3.8) is 0 Å². The number of aromatic nitrogens is 5. The molecular weight excluding hydrogens is 464 g/mol. The van der Waals surface area contributed by atoms with E-state index in [1.54, 1.807) is 11.8 Å². The van der Waals surface area contributed by atoms with E-state index >= 15 is 0 Å². The number of rotatable bonds is 10. The second kappa shape index (κ2) is 11.1. The first-order valence-corrected chi connectivity index (χ1v) is 12.3. The van der Waals surface area contributed by atoms with E-state index in [-0.39, 0.29) is 11.7 Å². The Kier molecular flexibility index (Phi) is 7.71. The predicted octanol–water partition coefficient (Wildman–Crippen LogP) is 4.50. The Balaban J connectivity index is 1.50. The molecule has 1 N–H and O–H groups in total. The van der Waals surface area contributed by atoms with Gasteiger partial charge in [-0.2, -0.15) is 5.10 Å². The number of hydrogen-bond acceptors (Lipinski definition) is 7. The van der Waals surface area contributed by atoms with Crippen molar-refractivity contribution in [1.82, 2.24) is 24.5 Å². The van der Waals surface area contributed by atoms with Crippen molar-refractivity contribution in [3.8, 4) is 34.1 Å². The number of benzene rings is 2. The molecule has 0 aliphatic carbocycles. The molecule has 4 rings (SSSR count). The fraction of sp³-hybridized carbons (Fsp3) is 0.280. The average molecular weight is 493 g/mol. The molecule has 0 fully saturated rings. The molecule has 0 bridgehead atoms. The summed E-state index contributed by atoms with van der Waals surface area (Å²) in [5.41, 5.74) is 3.30. The van der Waals surface area contributed by atoms with E-state index in [9.17, 15) is 4.79 Å². The fourth-order valence-corrected chi connectivity index (χ4v) is 4.45. The number of nitrogens with one attached hydrogen (secondary N) is 1. The van der Waals surface area contributed by atoms with Crippen molar-refractivity contribution >= 4 is 23.4 Å². The average Bonchev–Trinajstić information content (AvgIpc) is 3.46. The van der Waals surface area contributed by atoms with Gasteiger partial charge in [-0.05, 0) is 50.2 Å². The zero-order valence-electron chi connectivity index (χ0n) is 20.2. The number of nitrogens with zero attached hydrogens (tertiary/aromatic N) is 5. The topological polar surface area (TPSA) is 96.1 Å². The Labute approximate surface area is 208 Å². The number of methoxy groups -OCH3 is 1. The first kappa shape index (κ1) is 24.3. The van der Waals surface area contributed by atoms with Crippen molar-refractivity contribution in [2.75, 3.05) is 24.8 Å². The lowest BCUT2D eigenvalue weighted by molar-refractivity contribution is -0.113. The molecule has 4 aromatic rings. The summed E-state index contributed by atoms with van der Waals surface area (Å²) in [4.78, 5) is 12.5. The fourth-order valence-electron chi connectivity index (χ4n) is 3.64. The van der Waals surface area contributed by atoms with Gasteiger partial charge in [0.2, 0.25) is 5.91 Å². The van der Waals surface area contributed by atoms with Crippen LogP contribution in [0.4, 0.5) is 5.69 Å². The first-order valence-electron chi connectivity index (χ1n) is 11.3. The van der Waals surface area contributed by atoms with Crippen LogP contribution >= 0.6 is 11.8 Å². The van der Waals surface area contributed by atoms with E-state index in [1.165, 1.54) is 11.8 Å². The van der Waals surface area contributed by atoms with Crippen molar-refractivity contribution in [1.29, 1.82) is 0 Å². The number of carbonyl (C=O) groups is 1. The third kappa shape index (κ3) is 5.65. The number of aryl methyl sites for hydroxylation is 1. The van der Waals surface area contributed by atoms with Crippen LogP contribution in [0.25, 0.3) is 22.6 Å². The van der Waals surface area contributed by atoms with Crippen molar-refractivity contribution < 1.29 is 14.3 Å². The monoisotopic (exact) mass is 492 g/mol. The normalized spacial score (nSPS) is 10.9. The quantitative estimate of drug-likeness (QED) is 0.326. The van der Waals surface area contributed by atoms with E-state index < -0.39 is 0 Å². The zero-order valence-corrected chi connectivity index (χ0v) is 21.0. The summed E-state index contributed by atoms with van der Waals surface area (Å²) in [6, 6.07) is 15.1. The predicted molar refractivity (Wildman–Crippen MR) is 137 cm³/mol. The van der Waals surface area contributed by atoms with Crippen molar-refractivity contribution in [2.24, 2.45) is 7.05 Å². The highest BCUT2D eigenvalue weighted by molar-refractivity contribution is 7.99. The van der Waals surface area contributed by atoms with Gasteiger partial charge in [0.1, 0.15) is 17.2 Å². The van der Waals surface area contributed by atoms with Gasteiger partial charge in [0.15, 0.2) is 11.0 Å². The van der Waals surface area contributed by atoms with Gasteiger partial charge < -0.3 is 19.4 Å². The van der Waals surface area contributed by atoms with E-state index in [0.717, 1.165) is 34.0 Å². The number of ether oxygens (including phenoxy) is 2. The van der Waals surface area contributed by atoms with Crippen LogP contribution in [0.1, 0.15) is 13.8 Å². The lowest BCUT2D eigenvalue weighted by Gasteiger charge is -2.09. The molecule has 0 unspecified atom stereocenters. The minimum Gasteiger partial charge on any atom is -0.497 e. The lowest BCUT2D eigenvalue weighted by atomic mass is 10.1. The van der Waals surface area contributed by atoms with E-state index in [4.69, 9.17) is 9.47 Å². The molecular formula is C25H28N6O3S. The SMILES string of the molecule is CCOc1ccc(NC(=O)CSc2nnc(-c3cn(C)nc3-c3cccc(OC)c3)n2CC)cc1. The molecule has 0 atom stereocenters. The first-order chi connectivity index (χ1) is 17.0. The molecule has 10 heteroatoms. The van der Waals surface area contributed by atoms with Gasteiger partial charge in [-0.15, -0.1) is 10.2 Å². The summed E-state index contributed by atoms with van der Waals surface area (Å²) in [6.45, 7) is 5.21. The Morgan fingerprint density at radius 3 is 2.60 bits per heavy atom. The summed E-state index contributed by atoms with van der Waals surface area (Å²) < 4.78 is 14.6. The maximum Gasteiger partial charge on any atom is 0.234 e. The molecule has 0 saturated carbocycles. The number of thioether (sulfide) groups is 1. The van der Waals surface area contributed by atoms with Gasteiger partial charge in [0, 0.05) is 31.0 Å². The number of amides is 1. The summed E-state index contributed by atoms with van der Waals surface area (Å²) >= 11 is 1.35. The van der Waals surface area contributed by atoms with Crippen LogP contribution in [-0.4, -0.2) is 49.9 Å². The van der Waals surface area contributed by atoms with E-state index in [0.29, 0.717) is 24.1 Å². The Morgan fingerprint density at radius 2 is 1.89 bits per heavy atom. The van der Waals surface area contributed by atoms with Crippen molar-refractivity contribution in [3.05, 3.63) is 54.7 Å². The molecule has 2 aromatic carbocycles. The number of hydrogen-bond donors (Lipinski definition) is 1. The second-order valence-electron chi connectivity index (χ2n) is 7.64. The van der Waals surface area contributed by atoms with Crippen molar-refractivity contribution in [2.45, 2.75) is 25.5 Å². The Morgan fingerprint density at radius 1 is 1.09 bits per heavy atom.